The number of phenolic OH excluding ortho intramolecular Hbond substituents is 1. The van der Waals surface area contributed by atoms with Crippen LogP contribution in [0.3, 0.4) is 0 Å². The maximum absolute atomic E-state index is 12.8. The Morgan fingerprint density at radius 3 is 2.53 bits per heavy atom. The molecule has 0 aliphatic heterocycles. The van der Waals surface area contributed by atoms with Crippen molar-refractivity contribution in [3.63, 3.8) is 0 Å². The van der Waals surface area contributed by atoms with E-state index in [1.165, 1.54) is 12.1 Å². The van der Waals surface area contributed by atoms with Crippen molar-refractivity contribution < 1.29 is 9.50 Å². The van der Waals surface area contributed by atoms with Crippen molar-refractivity contribution in [2.24, 2.45) is 0 Å². The smallest absolute Gasteiger partial charge is 0.123 e. The molecule has 0 saturated carbocycles. The molecule has 1 atom stereocenters. The molecule has 2 aromatic carbocycles. The maximum atomic E-state index is 12.8. The summed E-state index contributed by atoms with van der Waals surface area (Å²) >= 11 is 0. The molecule has 0 radical (unpaired) electrons. The monoisotopic (exact) mass is 259 g/mol. The third-order valence-corrected chi connectivity index (χ3v) is 3.20. The molecule has 2 aromatic rings. The molecule has 100 valence electrons. The highest BCUT2D eigenvalue weighted by molar-refractivity contribution is 5.35. The van der Waals surface area contributed by atoms with Crippen LogP contribution in [0.1, 0.15) is 29.7 Å². The minimum Gasteiger partial charge on any atom is -0.508 e. The molecule has 19 heavy (non-hydrogen) atoms. The standard InChI is InChI=1S/C16H18FNO/c1-11-3-8-16(19)14(9-11)10-18-12(2)13-4-6-15(17)7-5-13/h3-9,12,18-19H,10H2,1-2H3/t12-/m0/s1. The van der Waals surface area contributed by atoms with Crippen LogP contribution in [0, 0.1) is 12.7 Å². The number of aryl methyl sites for hydroxylation is 1. The van der Waals surface area contributed by atoms with Crippen molar-refractivity contribution in [2.75, 3.05) is 0 Å². The second-order valence-electron chi connectivity index (χ2n) is 4.79. The maximum Gasteiger partial charge on any atom is 0.123 e. The lowest BCUT2D eigenvalue weighted by molar-refractivity contribution is 0.460. The van der Waals surface area contributed by atoms with Crippen molar-refractivity contribution in [1.82, 2.24) is 5.32 Å². The van der Waals surface area contributed by atoms with Crippen molar-refractivity contribution >= 4 is 0 Å². The molecule has 0 spiro atoms. The fourth-order valence-electron chi connectivity index (χ4n) is 1.99. The molecule has 0 heterocycles. The average Bonchev–Trinajstić information content (AvgIpc) is 2.40. The Kier molecular flexibility index (Phi) is 4.17. The van der Waals surface area contributed by atoms with Gasteiger partial charge in [0, 0.05) is 18.2 Å². The number of rotatable bonds is 4. The first kappa shape index (κ1) is 13.6. The van der Waals surface area contributed by atoms with E-state index < -0.39 is 0 Å². The van der Waals surface area contributed by atoms with Crippen LogP contribution in [0.5, 0.6) is 5.75 Å². The van der Waals surface area contributed by atoms with Crippen molar-refractivity contribution in [3.8, 4) is 5.75 Å². The molecule has 0 aliphatic rings. The summed E-state index contributed by atoms with van der Waals surface area (Å²) in [6.07, 6.45) is 0. The number of nitrogens with one attached hydrogen (secondary N) is 1. The van der Waals surface area contributed by atoms with Gasteiger partial charge in [-0.25, -0.2) is 4.39 Å². The van der Waals surface area contributed by atoms with Gasteiger partial charge in [-0.05, 0) is 37.6 Å². The summed E-state index contributed by atoms with van der Waals surface area (Å²) in [6.45, 7) is 4.58. The summed E-state index contributed by atoms with van der Waals surface area (Å²) in [5.74, 6) is 0.0664. The summed E-state index contributed by atoms with van der Waals surface area (Å²) in [6, 6.07) is 12.1. The van der Waals surface area contributed by atoms with Gasteiger partial charge >= 0.3 is 0 Å². The van der Waals surface area contributed by atoms with Crippen LogP contribution in [-0.4, -0.2) is 5.11 Å². The van der Waals surface area contributed by atoms with E-state index in [1.807, 2.05) is 26.0 Å². The Balaban J connectivity index is 2.02. The summed E-state index contributed by atoms with van der Waals surface area (Å²) in [7, 11) is 0. The molecular formula is C16H18FNO. The Morgan fingerprint density at radius 1 is 1.16 bits per heavy atom. The van der Waals surface area contributed by atoms with Gasteiger partial charge in [-0.3, -0.25) is 0 Å². The van der Waals surface area contributed by atoms with Crippen LogP contribution in [0.15, 0.2) is 42.5 Å². The highest BCUT2D eigenvalue weighted by Gasteiger charge is 2.07. The number of halogens is 1. The molecule has 3 heteroatoms. The summed E-state index contributed by atoms with van der Waals surface area (Å²) in [5.41, 5.74) is 3.01. The van der Waals surface area contributed by atoms with Gasteiger partial charge in [0.2, 0.25) is 0 Å². The highest BCUT2D eigenvalue weighted by atomic mass is 19.1. The minimum absolute atomic E-state index is 0.0977. The summed E-state index contributed by atoms with van der Waals surface area (Å²) < 4.78 is 12.8. The van der Waals surface area contributed by atoms with E-state index >= 15 is 0 Å². The molecule has 0 amide bonds. The molecule has 0 unspecified atom stereocenters. The highest BCUT2D eigenvalue weighted by Crippen LogP contribution is 2.20. The minimum atomic E-state index is -0.229. The predicted molar refractivity (Wildman–Crippen MR) is 74.5 cm³/mol. The van der Waals surface area contributed by atoms with Gasteiger partial charge < -0.3 is 10.4 Å². The van der Waals surface area contributed by atoms with Crippen LogP contribution < -0.4 is 5.32 Å². The quantitative estimate of drug-likeness (QED) is 0.877. The fourth-order valence-corrected chi connectivity index (χ4v) is 1.99. The average molecular weight is 259 g/mol. The number of benzene rings is 2. The number of hydrogen-bond donors (Lipinski definition) is 2. The van der Waals surface area contributed by atoms with Gasteiger partial charge in [0.15, 0.2) is 0 Å². The van der Waals surface area contributed by atoms with E-state index in [-0.39, 0.29) is 11.9 Å². The first-order valence-electron chi connectivity index (χ1n) is 6.33. The van der Waals surface area contributed by atoms with Gasteiger partial charge in [0.05, 0.1) is 0 Å². The van der Waals surface area contributed by atoms with Crippen LogP contribution in [-0.2, 0) is 6.54 Å². The van der Waals surface area contributed by atoms with Gasteiger partial charge in [-0.2, -0.15) is 0 Å². The molecule has 2 rings (SSSR count). The third-order valence-electron chi connectivity index (χ3n) is 3.20. The fraction of sp³-hybridized carbons (Fsp3) is 0.250. The van der Waals surface area contributed by atoms with Gasteiger partial charge in [-0.15, -0.1) is 0 Å². The largest absolute Gasteiger partial charge is 0.508 e. The molecule has 0 aromatic heterocycles. The van der Waals surface area contributed by atoms with Crippen molar-refractivity contribution in [3.05, 3.63) is 65.0 Å². The van der Waals surface area contributed by atoms with Gasteiger partial charge in [-0.1, -0.05) is 29.8 Å². The zero-order chi connectivity index (χ0) is 13.8. The lowest BCUT2D eigenvalue weighted by Crippen LogP contribution is -2.18. The Hall–Kier alpha value is -1.87. The normalized spacial score (nSPS) is 12.4. The molecule has 2 nitrogen and oxygen atoms in total. The molecule has 0 saturated heterocycles. The molecule has 0 aliphatic carbocycles. The second kappa shape index (κ2) is 5.85. The van der Waals surface area contributed by atoms with Crippen molar-refractivity contribution in [2.45, 2.75) is 26.4 Å². The van der Waals surface area contributed by atoms with E-state index in [9.17, 15) is 9.50 Å². The van der Waals surface area contributed by atoms with Crippen LogP contribution >= 0.6 is 0 Å². The third kappa shape index (κ3) is 3.55. The number of hydrogen-bond acceptors (Lipinski definition) is 2. The first-order chi connectivity index (χ1) is 9.06. The van der Waals surface area contributed by atoms with E-state index in [4.69, 9.17) is 0 Å². The number of phenols is 1. The predicted octanol–water partition coefficient (Wildman–Crippen LogP) is 3.69. The van der Waals surface area contributed by atoms with Crippen LogP contribution in [0.2, 0.25) is 0 Å². The first-order valence-corrected chi connectivity index (χ1v) is 6.33. The lowest BCUT2D eigenvalue weighted by Gasteiger charge is -2.15. The van der Waals surface area contributed by atoms with Gasteiger partial charge in [0.25, 0.3) is 0 Å². The summed E-state index contributed by atoms with van der Waals surface area (Å²) in [5, 5.41) is 13.1. The van der Waals surface area contributed by atoms with Crippen LogP contribution in [0.4, 0.5) is 4.39 Å². The van der Waals surface area contributed by atoms with Crippen LogP contribution in [0.25, 0.3) is 0 Å². The number of aromatic hydroxyl groups is 1. The SMILES string of the molecule is Cc1ccc(O)c(CN[C@@H](C)c2ccc(F)cc2)c1. The molecule has 0 bridgehead atoms. The van der Waals surface area contributed by atoms with E-state index in [0.29, 0.717) is 12.3 Å². The van der Waals surface area contributed by atoms with E-state index in [2.05, 4.69) is 5.32 Å². The zero-order valence-corrected chi connectivity index (χ0v) is 11.2. The zero-order valence-electron chi connectivity index (χ0n) is 11.2. The lowest BCUT2D eigenvalue weighted by atomic mass is 10.1. The topological polar surface area (TPSA) is 32.3 Å². The Morgan fingerprint density at radius 2 is 1.84 bits per heavy atom. The van der Waals surface area contributed by atoms with E-state index in [0.717, 1.165) is 16.7 Å². The van der Waals surface area contributed by atoms with E-state index in [1.54, 1.807) is 18.2 Å². The molecule has 0 fully saturated rings. The summed E-state index contributed by atoms with van der Waals surface area (Å²) in [4.78, 5) is 0. The Labute approximate surface area is 112 Å². The molecular weight excluding hydrogens is 241 g/mol. The van der Waals surface area contributed by atoms with Gasteiger partial charge in [0.1, 0.15) is 11.6 Å². The second-order valence-corrected chi connectivity index (χ2v) is 4.79. The Bertz CT molecular complexity index is 551. The molecule has 2 N–H and O–H groups in total. The van der Waals surface area contributed by atoms with Crippen molar-refractivity contribution in [1.29, 1.82) is 0 Å².